The van der Waals surface area contributed by atoms with Crippen molar-refractivity contribution in [3.05, 3.63) is 36.9 Å². The zero-order valence-electron chi connectivity index (χ0n) is 11.8. The van der Waals surface area contributed by atoms with Crippen LogP contribution in [0.25, 0.3) is 5.69 Å². The number of anilines is 1. The van der Waals surface area contributed by atoms with E-state index in [2.05, 4.69) is 33.6 Å². The lowest BCUT2D eigenvalue weighted by molar-refractivity contribution is 0.471. The summed E-state index contributed by atoms with van der Waals surface area (Å²) in [4.78, 5) is 4.04. The van der Waals surface area contributed by atoms with Gasteiger partial charge in [-0.15, -0.1) is 0 Å². The summed E-state index contributed by atoms with van der Waals surface area (Å²) in [6.45, 7) is 0. The number of rotatable bonds is 3. The Morgan fingerprint density at radius 3 is 2.50 bits per heavy atom. The van der Waals surface area contributed by atoms with E-state index < -0.39 is 0 Å². The first-order valence-electron chi connectivity index (χ1n) is 7.64. The summed E-state index contributed by atoms with van der Waals surface area (Å²) in [5.74, 6) is 0. The molecule has 4 heteroatoms. The number of benzene rings is 1. The first-order chi connectivity index (χ1) is 9.93. The molecule has 20 heavy (non-hydrogen) atoms. The van der Waals surface area contributed by atoms with Crippen LogP contribution in [0.2, 0.25) is 0 Å². The Hall–Kier alpha value is -1.84. The van der Waals surface area contributed by atoms with Crippen LogP contribution in [-0.2, 0) is 0 Å². The maximum atomic E-state index is 4.24. The van der Waals surface area contributed by atoms with Crippen molar-refractivity contribution >= 4 is 5.69 Å². The Balaban J connectivity index is 1.76. The Morgan fingerprint density at radius 2 is 1.75 bits per heavy atom. The first kappa shape index (κ1) is 13.2. The molecule has 4 nitrogen and oxygen atoms in total. The lowest BCUT2D eigenvalue weighted by Gasteiger charge is -2.23. The highest BCUT2D eigenvalue weighted by molar-refractivity contribution is 5.60. The first-order valence-corrected chi connectivity index (χ1v) is 7.64. The Morgan fingerprint density at radius 1 is 1.00 bits per heavy atom. The molecule has 1 aliphatic rings. The van der Waals surface area contributed by atoms with Crippen LogP contribution in [0.4, 0.5) is 5.69 Å². The van der Waals surface area contributed by atoms with Gasteiger partial charge in [0.25, 0.3) is 0 Å². The minimum atomic E-state index is 0.583. The third-order valence-corrected chi connectivity index (χ3v) is 4.03. The van der Waals surface area contributed by atoms with Crippen molar-refractivity contribution in [2.75, 3.05) is 5.32 Å². The highest BCUT2D eigenvalue weighted by Crippen LogP contribution is 2.24. The Kier molecular flexibility index (Phi) is 4.31. The maximum absolute atomic E-state index is 4.24. The van der Waals surface area contributed by atoms with Crippen LogP contribution in [0, 0.1) is 0 Å². The largest absolute Gasteiger partial charge is 0.381 e. The van der Waals surface area contributed by atoms with Crippen molar-refractivity contribution in [1.29, 1.82) is 0 Å². The zero-order valence-corrected chi connectivity index (χ0v) is 11.8. The van der Waals surface area contributed by atoms with Gasteiger partial charge in [-0.3, -0.25) is 0 Å². The molecule has 0 bridgehead atoms. The van der Waals surface area contributed by atoms with E-state index in [1.165, 1.54) is 44.9 Å². The molecule has 0 spiro atoms. The van der Waals surface area contributed by atoms with E-state index in [0.29, 0.717) is 6.04 Å². The molecule has 0 atom stereocenters. The molecule has 1 heterocycles. The average Bonchev–Trinajstić information content (AvgIpc) is 2.96. The van der Waals surface area contributed by atoms with Gasteiger partial charge in [-0.2, -0.15) is 5.10 Å². The SMILES string of the molecule is c1ccc(-n2cncn2)c(NC2CCCCCCC2)c1. The number of para-hydroxylation sites is 2. The normalized spacial score (nSPS) is 17.4. The summed E-state index contributed by atoms with van der Waals surface area (Å²) in [6, 6.07) is 8.92. The molecule has 106 valence electrons. The smallest absolute Gasteiger partial charge is 0.138 e. The van der Waals surface area contributed by atoms with E-state index in [1.54, 1.807) is 12.7 Å². The van der Waals surface area contributed by atoms with Gasteiger partial charge in [0.1, 0.15) is 12.7 Å². The molecular formula is C16H22N4. The van der Waals surface area contributed by atoms with Crippen molar-refractivity contribution in [1.82, 2.24) is 14.8 Å². The molecule has 1 fully saturated rings. The fourth-order valence-corrected chi connectivity index (χ4v) is 2.95. The highest BCUT2D eigenvalue weighted by atomic mass is 15.3. The van der Waals surface area contributed by atoms with E-state index in [-0.39, 0.29) is 0 Å². The number of hydrogen-bond acceptors (Lipinski definition) is 3. The fraction of sp³-hybridized carbons (Fsp3) is 0.500. The molecule has 0 unspecified atom stereocenters. The van der Waals surface area contributed by atoms with Crippen LogP contribution in [0.5, 0.6) is 0 Å². The second-order valence-electron chi connectivity index (χ2n) is 5.54. The van der Waals surface area contributed by atoms with Gasteiger partial charge < -0.3 is 5.32 Å². The zero-order chi connectivity index (χ0) is 13.6. The van der Waals surface area contributed by atoms with Gasteiger partial charge in [0.2, 0.25) is 0 Å². The van der Waals surface area contributed by atoms with Crippen molar-refractivity contribution < 1.29 is 0 Å². The molecule has 0 amide bonds. The van der Waals surface area contributed by atoms with Crippen LogP contribution < -0.4 is 5.32 Å². The molecule has 1 saturated carbocycles. The minimum absolute atomic E-state index is 0.583. The number of aromatic nitrogens is 3. The van der Waals surface area contributed by atoms with Gasteiger partial charge in [-0.25, -0.2) is 9.67 Å². The van der Waals surface area contributed by atoms with E-state index in [0.717, 1.165) is 11.4 Å². The summed E-state index contributed by atoms with van der Waals surface area (Å²) in [5.41, 5.74) is 2.23. The molecule has 1 aromatic carbocycles. The van der Waals surface area contributed by atoms with Gasteiger partial charge in [-0.1, -0.05) is 44.2 Å². The lowest BCUT2D eigenvalue weighted by atomic mass is 9.96. The Labute approximate surface area is 120 Å². The third-order valence-electron chi connectivity index (χ3n) is 4.03. The summed E-state index contributed by atoms with van der Waals surface area (Å²) >= 11 is 0. The van der Waals surface area contributed by atoms with Gasteiger partial charge in [0.15, 0.2) is 0 Å². The molecule has 1 aliphatic carbocycles. The summed E-state index contributed by atoms with van der Waals surface area (Å²) in [6.07, 6.45) is 12.7. The molecule has 2 aromatic rings. The lowest BCUT2D eigenvalue weighted by Crippen LogP contribution is -2.21. The second kappa shape index (κ2) is 6.55. The highest BCUT2D eigenvalue weighted by Gasteiger charge is 2.13. The third kappa shape index (κ3) is 3.18. The van der Waals surface area contributed by atoms with Crippen LogP contribution >= 0.6 is 0 Å². The predicted molar refractivity (Wildman–Crippen MR) is 81.1 cm³/mol. The standard InChI is InChI=1S/C16H22N4/c1-2-4-8-14(9-5-3-1)19-15-10-6-7-11-16(15)20-13-17-12-18-20/h6-7,10-14,19H,1-5,8-9H2. The summed E-state index contributed by atoms with van der Waals surface area (Å²) in [5, 5.41) is 7.96. The molecule has 0 aliphatic heterocycles. The van der Waals surface area contributed by atoms with Gasteiger partial charge in [-0.05, 0) is 25.0 Å². The second-order valence-corrected chi connectivity index (χ2v) is 5.54. The molecule has 3 rings (SSSR count). The molecule has 1 N–H and O–H groups in total. The van der Waals surface area contributed by atoms with Crippen molar-refractivity contribution in [3.63, 3.8) is 0 Å². The van der Waals surface area contributed by atoms with E-state index >= 15 is 0 Å². The van der Waals surface area contributed by atoms with Gasteiger partial charge in [0.05, 0.1) is 11.4 Å². The number of hydrogen-bond donors (Lipinski definition) is 1. The molecule has 1 aromatic heterocycles. The van der Waals surface area contributed by atoms with E-state index in [1.807, 2.05) is 10.7 Å². The average molecular weight is 270 g/mol. The van der Waals surface area contributed by atoms with Crippen LogP contribution in [0.15, 0.2) is 36.9 Å². The fourth-order valence-electron chi connectivity index (χ4n) is 2.95. The minimum Gasteiger partial charge on any atom is -0.381 e. The molecule has 0 saturated heterocycles. The van der Waals surface area contributed by atoms with Gasteiger partial charge >= 0.3 is 0 Å². The van der Waals surface area contributed by atoms with Crippen molar-refractivity contribution in [3.8, 4) is 5.69 Å². The molecule has 0 radical (unpaired) electrons. The van der Waals surface area contributed by atoms with Crippen molar-refractivity contribution in [2.24, 2.45) is 0 Å². The molecular weight excluding hydrogens is 248 g/mol. The topological polar surface area (TPSA) is 42.7 Å². The van der Waals surface area contributed by atoms with Crippen LogP contribution in [0.3, 0.4) is 0 Å². The van der Waals surface area contributed by atoms with E-state index in [9.17, 15) is 0 Å². The van der Waals surface area contributed by atoms with Gasteiger partial charge in [0, 0.05) is 6.04 Å². The summed E-state index contributed by atoms with van der Waals surface area (Å²) < 4.78 is 1.82. The number of nitrogens with one attached hydrogen (secondary N) is 1. The monoisotopic (exact) mass is 270 g/mol. The van der Waals surface area contributed by atoms with Crippen molar-refractivity contribution in [2.45, 2.75) is 51.0 Å². The van der Waals surface area contributed by atoms with Crippen LogP contribution in [0.1, 0.15) is 44.9 Å². The quantitative estimate of drug-likeness (QED) is 0.922. The van der Waals surface area contributed by atoms with Crippen LogP contribution in [-0.4, -0.2) is 20.8 Å². The summed E-state index contributed by atoms with van der Waals surface area (Å²) in [7, 11) is 0. The maximum Gasteiger partial charge on any atom is 0.138 e. The Bertz CT molecular complexity index is 513. The number of nitrogens with zero attached hydrogens (tertiary/aromatic N) is 3. The van der Waals surface area contributed by atoms with E-state index in [4.69, 9.17) is 0 Å². The predicted octanol–water partition coefficient (Wildman–Crippen LogP) is 3.79.